The van der Waals surface area contributed by atoms with Crippen LogP contribution in [0.1, 0.15) is 35.0 Å². The molecule has 0 radical (unpaired) electrons. The van der Waals surface area contributed by atoms with Crippen LogP contribution in [0.5, 0.6) is 0 Å². The van der Waals surface area contributed by atoms with Gasteiger partial charge in [-0.15, -0.1) is 10.2 Å². The van der Waals surface area contributed by atoms with Crippen LogP contribution in [-0.2, 0) is 9.53 Å². The zero-order chi connectivity index (χ0) is 21.0. The molecule has 3 atom stereocenters. The van der Waals surface area contributed by atoms with Gasteiger partial charge in [-0.05, 0) is 17.7 Å². The highest BCUT2D eigenvalue weighted by Crippen LogP contribution is 2.50. The van der Waals surface area contributed by atoms with Crippen LogP contribution in [0, 0.1) is 0 Å². The molecule has 0 bridgehead atoms. The van der Waals surface area contributed by atoms with Gasteiger partial charge in [0, 0.05) is 13.0 Å². The number of hydrogen-bond acceptors (Lipinski definition) is 6. The number of pyridine rings is 1. The molecule has 0 unspecified atom stereocenters. The molecule has 0 aliphatic carbocycles. The van der Waals surface area contributed by atoms with Gasteiger partial charge in [0.15, 0.2) is 5.72 Å². The number of likely N-dealkylation sites (tertiary alicyclic amines) is 1. The third kappa shape index (κ3) is 2.70. The van der Waals surface area contributed by atoms with E-state index in [1.54, 1.807) is 27.7 Å². The van der Waals surface area contributed by atoms with E-state index in [1.807, 2.05) is 35.2 Å². The maximum Gasteiger partial charge on any atom is 0.272 e. The Kier molecular flexibility index (Phi) is 3.94. The molecular weight excluding hydrogens is 396 g/mol. The first-order valence-electron chi connectivity index (χ1n) is 10.3. The summed E-state index contributed by atoms with van der Waals surface area (Å²) in [5, 5.41) is 7.58. The topological polar surface area (TPSA) is 93.4 Å². The standard InChI is InChI=1S/C22H20N6O3/c29-20-11-18-22(28(20)12-17(31-22)15-5-2-1-3-6-15)9-10-27(18)21(30)16-7-4-8-19(25-16)26-13-23-24-14-26/h1-8,13-14,17-18H,9-12H2/t17-,18+,22-/m0/s1. The van der Waals surface area contributed by atoms with Gasteiger partial charge < -0.3 is 14.5 Å². The molecule has 9 nitrogen and oxygen atoms in total. The van der Waals surface area contributed by atoms with Crippen LogP contribution in [0.15, 0.2) is 61.2 Å². The molecule has 3 aliphatic heterocycles. The van der Waals surface area contributed by atoms with Crippen LogP contribution < -0.4 is 0 Å². The summed E-state index contributed by atoms with van der Waals surface area (Å²) in [5.74, 6) is 0.403. The van der Waals surface area contributed by atoms with Gasteiger partial charge in [0.2, 0.25) is 5.91 Å². The number of rotatable bonds is 3. The summed E-state index contributed by atoms with van der Waals surface area (Å²) in [6, 6.07) is 14.9. The second-order valence-corrected chi connectivity index (χ2v) is 8.08. The van der Waals surface area contributed by atoms with Crippen LogP contribution in [0.2, 0.25) is 0 Å². The van der Waals surface area contributed by atoms with E-state index in [0.717, 1.165) is 5.56 Å². The molecule has 6 rings (SSSR count). The Balaban J connectivity index is 1.29. The molecule has 0 saturated carbocycles. The zero-order valence-corrected chi connectivity index (χ0v) is 16.7. The summed E-state index contributed by atoms with van der Waals surface area (Å²) >= 11 is 0. The first-order chi connectivity index (χ1) is 15.2. The highest BCUT2D eigenvalue weighted by molar-refractivity contribution is 5.94. The van der Waals surface area contributed by atoms with E-state index in [0.29, 0.717) is 31.0 Å². The maximum absolute atomic E-state index is 13.4. The van der Waals surface area contributed by atoms with Crippen molar-refractivity contribution in [1.82, 2.24) is 29.5 Å². The maximum atomic E-state index is 13.4. The minimum atomic E-state index is -0.751. The Hall–Kier alpha value is -3.59. The fraction of sp³-hybridized carbons (Fsp3) is 0.318. The van der Waals surface area contributed by atoms with E-state index in [4.69, 9.17) is 4.74 Å². The van der Waals surface area contributed by atoms with Crippen LogP contribution >= 0.6 is 0 Å². The van der Waals surface area contributed by atoms with Gasteiger partial charge in [-0.2, -0.15) is 0 Å². The first kappa shape index (κ1) is 18.2. The number of aromatic nitrogens is 4. The molecule has 1 aromatic carbocycles. The zero-order valence-electron chi connectivity index (χ0n) is 16.7. The lowest BCUT2D eigenvalue weighted by Crippen LogP contribution is -2.48. The fourth-order valence-corrected chi connectivity index (χ4v) is 5.06. The van der Waals surface area contributed by atoms with Crippen molar-refractivity contribution in [2.45, 2.75) is 30.7 Å². The van der Waals surface area contributed by atoms with Crippen LogP contribution in [0.3, 0.4) is 0 Å². The molecule has 3 aromatic rings. The van der Waals surface area contributed by atoms with Crippen molar-refractivity contribution in [1.29, 1.82) is 0 Å². The smallest absolute Gasteiger partial charge is 0.272 e. The summed E-state index contributed by atoms with van der Waals surface area (Å²) in [6.07, 6.45) is 3.76. The average molecular weight is 416 g/mol. The monoisotopic (exact) mass is 416 g/mol. The van der Waals surface area contributed by atoms with Gasteiger partial charge >= 0.3 is 0 Å². The highest BCUT2D eigenvalue weighted by Gasteiger charge is 2.65. The van der Waals surface area contributed by atoms with Gasteiger partial charge in [-0.25, -0.2) is 4.98 Å². The lowest BCUT2D eigenvalue weighted by molar-refractivity contribution is -0.138. The first-order valence-corrected chi connectivity index (χ1v) is 10.3. The second kappa shape index (κ2) is 6.71. The van der Waals surface area contributed by atoms with Gasteiger partial charge in [-0.1, -0.05) is 36.4 Å². The van der Waals surface area contributed by atoms with Gasteiger partial charge in [0.25, 0.3) is 5.91 Å². The van der Waals surface area contributed by atoms with E-state index in [2.05, 4.69) is 15.2 Å². The van der Waals surface area contributed by atoms with Crippen molar-refractivity contribution >= 4 is 11.8 Å². The number of amides is 2. The molecule has 0 N–H and O–H groups in total. The minimum absolute atomic E-state index is 0.0344. The second-order valence-electron chi connectivity index (χ2n) is 8.08. The van der Waals surface area contributed by atoms with Crippen LogP contribution in [-0.4, -0.2) is 66.2 Å². The third-order valence-corrected chi connectivity index (χ3v) is 6.50. The Labute approximate surface area is 178 Å². The number of nitrogens with zero attached hydrogens (tertiary/aromatic N) is 6. The minimum Gasteiger partial charge on any atom is -0.343 e. The summed E-state index contributed by atoms with van der Waals surface area (Å²) in [6.45, 7) is 1.04. The molecule has 156 valence electrons. The van der Waals surface area contributed by atoms with Crippen molar-refractivity contribution in [3.63, 3.8) is 0 Å². The van der Waals surface area contributed by atoms with E-state index in [1.165, 1.54) is 12.7 Å². The Morgan fingerprint density at radius 3 is 2.68 bits per heavy atom. The lowest BCUT2D eigenvalue weighted by atomic mass is 10.1. The highest BCUT2D eigenvalue weighted by atomic mass is 16.5. The number of carbonyl (C=O) groups excluding carboxylic acids is 2. The Morgan fingerprint density at radius 2 is 1.87 bits per heavy atom. The quantitative estimate of drug-likeness (QED) is 0.644. The molecule has 2 amide bonds. The van der Waals surface area contributed by atoms with Crippen molar-refractivity contribution < 1.29 is 14.3 Å². The van der Waals surface area contributed by atoms with Gasteiger partial charge in [-0.3, -0.25) is 14.2 Å². The van der Waals surface area contributed by atoms with E-state index >= 15 is 0 Å². The predicted molar refractivity (Wildman–Crippen MR) is 108 cm³/mol. The van der Waals surface area contributed by atoms with E-state index in [-0.39, 0.29) is 30.4 Å². The summed E-state index contributed by atoms with van der Waals surface area (Å²) in [5.41, 5.74) is 0.622. The third-order valence-electron chi connectivity index (χ3n) is 6.50. The molecule has 31 heavy (non-hydrogen) atoms. The SMILES string of the molecule is O=C(c1cccc(-n2cnnc2)n1)N1CC[C@@]23O[C@H](c4ccccc4)CN2C(=O)C[C@@H]13. The van der Waals surface area contributed by atoms with Crippen LogP contribution in [0.4, 0.5) is 0 Å². The predicted octanol–water partition coefficient (Wildman–Crippen LogP) is 1.58. The molecule has 2 aromatic heterocycles. The molecule has 1 spiro atoms. The molecule has 3 saturated heterocycles. The number of hydrogen-bond donors (Lipinski definition) is 0. The number of ether oxygens (including phenoxy) is 1. The van der Waals surface area contributed by atoms with E-state index in [9.17, 15) is 9.59 Å². The number of benzene rings is 1. The van der Waals surface area contributed by atoms with E-state index < -0.39 is 5.72 Å². The fourth-order valence-electron chi connectivity index (χ4n) is 5.06. The van der Waals surface area contributed by atoms with Crippen molar-refractivity contribution in [2.24, 2.45) is 0 Å². The molecule has 3 fully saturated rings. The molecule has 5 heterocycles. The molecule has 9 heteroatoms. The Bertz CT molecular complexity index is 1150. The summed E-state index contributed by atoms with van der Waals surface area (Å²) in [4.78, 5) is 34.3. The summed E-state index contributed by atoms with van der Waals surface area (Å²) in [7, 11) is 0. The average Bonchev–Trinajstić information content (AvgIpc) is 3.57. The van der Waals surface area contributed by atoms with Crippen LogP contribution in [0.25, 0.3) is 5.82 Å². The lowest BCUT2D eigenvalue weighted by Gasteiger charge is -2.31. The normalized spacial score (nSPS) is 26.9. The van der Waals surface area contributed by atoms with Crippen molar-refractivity contribution in [2.75, 3.05) is 13.1 Å². The summed E-state index contributed by atoms with van der Waals surface area (Å²) < 4.78 is 8.17. The van der Waals surface area contributed by atoms with Gasteiger partial charge in [0.05, 0.1) is 19.0 Å². The molecular formula is C22H20N6O3. The number of carbonyl (C=O) groups is 2. The Morgan fingerprint density at radius 1 is 1.06 bits per heavy atom. The van der Waals surface area contributed by atoms with Crippen molar-refractivity contribution in [3.05, 3.63) is 72.4 Å². The van der Waals surface area contributed by atoms with Gasteiger partial charge in [0.1, 0.15) is 30.3 Å². The molecule has 3 aliphatic rings. The van der Waals surface area contributed by atoms with Crippen molar-refractivity contribution in [3.8, 4) is 5.82 Å². The largest absolute Gasteiger partial charge is 0.343 e.